The Morgan fingerprint density at radius 1 is 1.35 bits per heavy atom. The van der Waals surface area contributed by atoms with E-state index >= 15 is 0 Å². The van der Waals surface area contributed by atoms with Crippen LogP contribution in [-0.2, 0) is 6.54 Å². The fraction of sp³-hybridized carbons (Fsp3) is 0.357. The van der Waals surface area contributed by atoms with E-state index in [4.69, 9.17) is 16.3 Å². The maximum absolute atomic E-state index is 5.90. The van der Waals surface area contributed by atoms with Gasteiger partial charge in [0.1, 0.15) is 16.8 Å². The molecule has 0 bridgehead atoms. The molecule has 20 heavy (non-hydrogen) atoms. The van der Waals surface area contributed by atoms with Crippen molar-refractivity contribution in [3.63, 3.8) is 0 Å². The van der Waals surface area contributed by atoms with E-state index in [2.05, 4.69) is 27.2 Å². The predicted octanol–water partition coefficient (Wildman–Crippen LogP) is 3.23. The van der Waals surface area contributed by atoms with Gasteiger partial charge in [-0.15, -0.1) is 0 Å². The van der Waals surface area contributed by atoms with Crippen LogP contribution in [0.4, 0.5) is 5.82 Å². The number of nitrogens with zero attached hydrogens (tertiary/aromatic N) is 3. The highest BCUT2D eigenvalue weighted by Gasteiger charge is 2.05. The van der Waals surface area contributed by atoms with Crippen molar-refractivity contribution >= 4 is 17.4 Å². The number of aromatic nitrogens is 3. The van der Waals surface area contributed by atoms with Crippen LogP contribution in [0, 0.1) is 6.92 Å². The van der Waals surface area contributed by atoms with E-state index in [0.717, 1.165) is 12.0 Å². The lowest BCUT2D eigenvalue weighted by Gasteiger charge is -2.11. The van der Waals surface area contributed by atoms with Gasteiger partial charge in [0.2, 0.25) is 5.88 Å². The lowest BCUT2D eigenvalue weighted by molar-refractivity contribution is 0.302. The highest BCUT2D eigenvalue weighted by molar-refractivity contribution is 6.29. The predicted molar refractivity (Wildman–Crippen MR) is 79.1 cm³/mol. The fourth-order valence-corrected chi connectivity index (χ4v) is 1.92. The van der Waals surface area contributed by atoms with Crippen molar-refractivity contribution in [2.75, 3.05) is 11.9 Å². The van der Waals surface area contributed by atoms with Gasteiger partial charge >= 0.3 is 0 Å². The summed E-state index contributed by atoms with van der Waals surface area (Å²) in [4.78, 5) is 12.5. The quantitative estimate of drug-likeness (QED) is 0.828. The Hall–Kier alpha value is -1.88. The minimum Gasteiger partial charge on any atom is -0.477 e. The summed E-state index contributed by atoms with van der Waals surface area (Å²) in [5.41, 5.74) is 0.980. The lowest BCUT2D eigenvalue weighted by atomic mass is 10.2. The first-order valence-electron chi connectivity index (χ1n) is 6.50. The van der Waals surface area contributed by atoms with Gasteiger partial charge in [-0.3, -0.25) is 0 Å². The summed E-state index contributed by atoms with van der Waals surface area (Å²) >= 11 is 5.90. The van der Waals surface area contributed by atoms with Crippen molar-refractivity contribution in [1.82, 2.24) is 15.0 Å². The minimum atomic E-state index is 0.425. The van der Waals surface area contributed by atoms with Crippen LogP contribution < -0.4 is 10.1 Å². The van der Waals surface area contributed by atoms with Gasteiger partial charge in [-0.1, -0.05) is 24.6 Å². The van der Waals surface area contributed by atoms with Crippen LogP contribution in [0.3, 0.4) is 0 Å². The Kier molecular flexibility index (Phi) is 5.12. The normalized spacial score (nSPS) is 10.3. The van der Waals surface area contributed by atoms with Crippen molar-refractivity contribution in [2.45, 2.75) is 26.8 Å². The number of pyridine rings is 1. The minimum absolute atomic E-state index is 0.425. The van der Waals surface area contributed by atoms with Crippen LogP contribution in [0.5, 0.6) is 5.88 Å². The maximum atomic E-state index is 5.90. The average molecular weight is 293 g/mol. The molecule has 2 rings (SSSR count). The number of nitrogens with one attached hydrogen (secondary N) is 1. The molecule has 2 aromatic rings. The van der Waals surface area contributed by atoms with E-state index in [1.807, 2.05) is 12.1 Å². The third-order valence-corrected chi connectivity index (χ3v) is 2.75. The number of hydrogen-bond donors (Lipinski definition) is 1. The van der Waals surface area contributed by atoms with E-state index in [-0.39, 0.29) is 0 Å². The van der Waals surface area contributed by atoms with Crippen LogP contribution >= 0.6 is 11.6 Å². The fourth-order valence-electron chi connectivity index (χ4n) is 1.69. The molecule has 0 amide bonds. The van der Waals surface area contributed by atoms with Gasteiger partial charge in [0.05, 0.1) is 6.61 Å². The van der Waals surface area contributed by atoms with E-state index in [1.165, 1.54) is 0 Å². The Morgan fingerprint density at radius 2 is 2.20 bits per heavy atom. The zero-order valence-electron chi connectivity index (χ0n) is 11.6. The topological polar surface area (TPSA) is 59.9 Å². The summed E-state index contributed by atoms with van der Waals surface area (Å²) in [5.74, 6) is 1.97. The van der Waals surface area contributed by atoms with Crippen molar-refractivity contribution in [3.05, 3.63) is 40.9 Å². The van der Waals surface area contributed by atoms with E-state index in [9.17, 15) is 0 Å². The SMILES string of the molecule is CCCOc1ncccc1CNc1cc(Cl)nc(C)n1. The highest BCUT2D eigenvalue weighted by Crippen LogP contribution is 2.17. The number of halogens is 1. The summed E-state index contributed by atoms with van der Waals surface area (Å²) < 4.78 is 5.61. The van der Waals surface area contributed by atoms with Gasteiger partial charge < -0.3 is 10.1 Å². The molecule has 0 spiro atoms. The van der Waals surface area contributed by atoms with Crippen LogP contribution in [0.15, 0.2) is 24.4 Å². The van der Waals surface area contributed by atoms with Gasteiger partial charge in [-0.05, 0) is 19.4 Å². The number of hydrogen-bond acceptors (Lipinski definition) is 5. The first kappa shape index (κ1) is 14.5. The van der Waals surface area contributed by atoms with E-state index in [1.54, 1.807) is 19.2 Å². The van der Waals surface area contributed by atoms with Crippen molar-refractivity contribution in [2.24, 2.45) is 0 Å². The van der Waals surface area contributed by atoms with Crippen LogP contribution in [0.2, 0.25) is 5.15 Å². The van der Waals surface area contributed by atoms with Gasteiger partial charge in [-0.25, -0.2) is 15.0 Å². The molecule has 5 nitrogen and oxygen atoms in total. The van der Waals surface area contributed by atoms with Crippen molar-refractivity contribution < 1.29 is 4.74 Å². The maximum Gasteiger partial charge on any atom is 0.218 e. The molecule has 0 aliphatic heterocycles. The molecular weight excluding hydrogens is 276 g/mol. The molecule has 0 aliphatic carbocycles. The molecule has 0 radical (unpaired) electrons. The molecule has 106 valence electrons. The van der Waals surface area contributed by atoms with Crippen molar-refractivity contribution in [1.29, 1.82) is 0 Å². The molecule has 0 fully saturated rings. The zero-order chi connectivity index (χ0) is 14.4. The molecule has 2 heterocycles. The number of anilines is 1. The average Bonchev–Trinajstić information content (AvgIpc) is 2.43. The van der Waals surface area contributed by atoms with Crippen LogP contribution in [0.1, 0.15) is 24.7 Å². The third kappa shape index (κ3) is 4.06. The number of ether oxygens (including phenoxy) is 1. The second kappa shape index (κ2) is 7.05. The Labute approximate surface area is 123 Å². The molecule has 2 aromatic heterocycles. The lowest BCUT2D eigenvalue weighted by Crippen LogP contribution is -2.07. The standard InChI is InChI=1S/C14H17ClN4O/c1-3-7-20-14-11(5-4-6-16-14)9-17-13-8-12(15)18-10(2)19-13/h4-6,8H,3,7,9H2,1-2H3,(H,17,18,19). The monoisotopic (exact) mass is 292 g/mol. The van der Waals surface area contributed by atoms with Crippen molar-refractivity contribution in [3.8, 4) is 5.88 Å². The first-order valence-corrected chi connectivity index (χ1v) is 6.88. The van der Waals surface area contributed by atoms with E-state index < -0.39 is 0 Å². The number of rotatable bonds is 6. The zero-order valence-corrected chi connectivity index (χ0v) is 12.3. The smallest absolute Gasteiger partial charge is 0.218 e. The summed E-state index contributed by atoms with van der Waals surface area (Å²) in [7, 11) is 0. The summed E-state index contributed by atoms with van der Waals surface area (Å²) in [6.45, 7) is 5.09. The van der Waals surface area contributed by atoms with Crippen LogP contribution in [-0.4, -0.2) is 21.6 Å². The van der Waals surface area contributed by atoms with Crippen LogP contribution in [0.25, 0.3) is 0 Å². The Morgan fingerprint density at radius 3 is 2.95 bits per heavy atom. The van der Waals surface area contributed by atoms with Gasteiger partial charge in [0.25, 0.3) is 0 Å². The van der Waals surface area contributed by atoms with E-state index in [0.29, 0.717) is 35.8 Å². The second-order valence-electron chi connectivity index (χ2n) is 4.29. The van der Waals surface area contributed by atoms with Gasteiger partial charge in [-0.2, -0.15) is 0 Å². The Bertz CT molecular complexity index is 557. The van der Waals surface area contributed by atoms with Gasteiger partial charge in [0, 0.05) is 24.4 Å². The summed E-state index contributed by atoms with van der Waals surface area (Å²) in [6.07, 6.45) is 2.67. The molecule has 0 saturated heterocycles. The summed E-state index contributed by atoms with van der Waals surface area (Å²) in [6, 6.07) is 5.55. The highest BCUT2D eigenvalue weighted by atomic mass is 35.5. The molecule has 0 aliphatic rings. The van der Waals surface area contributed by atoms with Gasteiger partial charge in [0.15, 0.2) is 0 Å². The third-order valence-electron chi connectivity index (χ3n) is 2.56. The second-order valence-corrected chi connectivity index (χ2v) is 4.68. The molecule has 6 heteroatoms. The largest absolute Gasteiger partial charge is 0.477 e. The first-order chi connectivity index (χ1) is 9.69. The molecule has 0 aromatic carbocycles. The number of aryl methyl sites for hydroxylation is 1. The molecule has 0 unspecified atom stereocenters. The molecular formula is C14H17ClN4O. The summed E-state index contributed by atoms with van der Waals surface area (Å²) in [5, 5.41) is 3.63. The molecule has 0 atom stereocenters. The molecule has 0 saturated carbocycles. The Balaban J connectivity index is 2.06. The molecule has 1 N–H and O–H groups in total.